The molecule has 27 heavy (non-hydrogen) atoms. The third-order valence-corrected chi connectivity index (χ3v) is 4.87. The molecule has 4 nitrogen and oxygen atoms in total. The molecule has 3 aromatic rings. The quantitative estimate of drug-likeness (QED) is 0.692. The van der Waals surface area contributed by atoms with Gasteiger partial charge in [-0.15, -0.1) is 0 Å². The Hall–Kier alpha value is -2.89. The lowest BCUT2D eigenvalue weighted by molar-refractivity contribution is 0.0938. The smallest absolute Gasteiger partial charge is 0.268 e. The van der Waals surface area contributed by atoms with Crippen molar-refractivity contribution in [1.29, 1.82) is 0 Å². The van der Waals surface area contributed by atoms with E-state index in [-0.39, 0.29) is 24.6 Å². The number of furan rings is 1. The van der Waals surface area contributed by atoms with E-state index in [1.807, 2.05) is 20.8 Å². The maximum atomic E-state index is 14.2. The molecule has 0 aliphatic rings. The summed E-state index contributed by atoms with van der Waals surface area (Å²) in [6.07, 6.45) is 2.26. The van der Waals surface area contributed by atoms with Crippen molar-refractivity contribution in [3.05, 3.63) is 82.1 Å². The van der Waals surface area contributed by atoms with Crippen LogP contribution < -0.4 is 5.32 Å². The Morgan fingerprint density at radius 1 is 1.11 bits per heavy atom. The van der Waals surface area contributed by atoms with Crippen LogP contribution in [0.3, 0.4) is 0 Å². The van der Waals surface area contributed by atoms with Crippen molar-refractivity contribution < 1.29 is 18.0 Å². The first-order valence-electron chi connectivity index (χ1n) is 8.86. The molecule has 2 heterocycles. The number of hydrogen-bond donors (Lipinski definition) is 1. The summed E-state index contributed by atoms with van der Waals surface area (Å²) in [6, 6.07) is 7.29. The Bertz CT molecular complexity index is 939. The molecule has 1 aromatic carbocycles. The van der Waals surface area contributed by atoms with Gasteiger partial charge in [-0.3, -0.25) is 4.79 Å². The second-order valence-electron chi connectivity index (χ2n) is 6.44. The molecule has 0 aliphatic heterocycles. The van der Waals surface area contributed by atoms with E-state index in [1.54, 1.807) is 16.7 Å². The monoisotopic (exact) mass is 372 g/mol. The first kappa shape index (κ1) is 18.9. The van der Waals surface area contributed by atoms with Crippen molar-refractivity contribution >= 4 is 5.91 Å². The Labute approximate surface area is 156 Å². The molecular weight excluding hydrogens is 350 g/mol. The fourth-order valence-corrected chi connectivity index (χ4v) is 3.46. The number of aromatic nitrogens is 1. The fraction of sp³-hybridized carbons (Fsp3) is 0.286. The molecule has 0 fully saturated rings. The molecule has 1 N–H and O–H groups in total. The Kier molecular flexibility index (Phi) is 5.44. The van der Waals surface area contributed by atoms with Crippen molar-refractivity contribution in [2.45, 2.75) is 40.3 Å². The van der Waals surface area contributed by atoms with Gasteiger partial charge in [0.25, 0.3) is 5.91 Å². The molecule has 1 amide bonds. The van der Waals surface area contributed by atoms with Gasteiger partial charge in [0.05, 0.1) is 19.4 Å². The van der Waals surface area contributed by atoms with Crippen LogP contribution in [0.1, 0.15) is 45.6 Å². The van der Waals surface area contributed by atoms with Crippen LogP contribution in [0.5, 0.6) is 0 Å². The molecule has 0 saturated carbocycles. The third-order valence-electron chi connectivity index (χ3n) is 4.87. The number of carbonyl (C=O) groups is 1. The lowest BCUT2D eigenvalue weighted by atomic mass is 10.1. The normalized spacial score (nSPS) is 11.0. The second kappa shape index (κ2) is 7.78. The first-order valence-corrected chi connectivity index (χ1v) is 8.86. The molecule has 0 aliphatic carbocycles. The zero-order chi connectivity index (χ0) is 19.6. The molecule has 6 heteroatoms. The number of benzene rings is 1. The summed E-state index contributed by atoms with van der Waals surface area (Å²) in [4.78, 5) is 12.9. The third kappa shape index (κ3) is 3.65. The second-order valence-corrected chi connectivity index (χ2v) is 6.44. The summed E-state index contributed by atoms with van der Waals surface area (Å²) in [5.74, 6) is -0.920. The van der Waals surface area contributed by atoms with E-state index < -0.39 is 11.6 Å². The first-order chi connectivity index (χ1) is 12.9. The van der Waals surface area contributed by atoms with Crippen molar-refractivity contribution in [2.75, 3.05) is 0 Å². The summed E-state index contributed by atoms with van der Waals surface area (Å²) < 4.78 is 35.2. The number of nitrogens with zero attached hydrogens (tertiary/aromatic N) is 1. The predicted molar refractivity (Wildman–Crippen MR) is 98.6 cm³/mol. The van der Waals surface area contributed by atoms with Gasteiger partial charge in [-0.05, 0) is 55.7 Å². The zero-order valence-electron chi connectivity index (χ0n) is 15.6. The molecule has 3 rings (SSSR count). The Morgan fingerprint density at radius 3 is 2.41 bits per heavy atom. The SMILES string of the molecule is CCc1c(C)c(C(=O)NCc2ccco2)n(Cc2c(F)cccc2F)c1C. The molecule has 0 bridgehead atoms. The predicted octanol–water partition coefficient (Wildman–Crippen LogP) is 4.52. The van der Waals surface area contributed by atoms with Gasteiger partial charge < -0.3 is 14.3 Å². The number of carbonyl (C=O) groups excluding carboxylic acids is 1. The van der Waals surface area contributed by atoms with Gasteiger partial charge in [0.2, 0.25) is 0 Å². The molecular formula is C21H22F2N2O2. The van der Waals surface area contributed by atoms with Crippen molar-refractivity contribution in [2.24, 2.45) is 0 Å². The largest absolute Gasteiger partial charge is 0.467 e. The Morgan fingerprint density at radius 2 is 1.81 bits per heavy atom. The molecule has 2 aromatic heterocycles. The lowest BCUT2D eigenvalue weighted by Gasteiger charge is -2.14. The molecule has 0 spiro atoms. The van der Waals surface area contributed by atoms with Crippen molar-refractivity contribution in [3.8, 4) is 0 Å². The van der Waals surface area contributed by atoms with Gasteiger partial charge >= 0.3 is 0 Å². The van der Waals surface area contributed by atoms with Crippen molar-refractivity contribution in [3.63, 3.8) is 0 Å². The average molecular weight is 372 g/mol. The number of amides is 1. The van der Waals surface area contributed by atoms with Crippen LogP contribution >= 0.6 is 0 Å². The number of hydrogen-bond acceptors (Lipinski definition) is 2. The highest BCUT2D eigenvalue weighted by atomic mass is 19.1. The van der Waals surface area contributed by atoms with Gasteiger partial charge in [-0.2, -0.15) is 0 Å². The molecule has 142 valence electrons. The van der Waals surface area contributed by atoms with Crippen LogP contribution in [0, 0.1) is 25.5 Å². The van der Waals surface area contributed by atoms with Gasteiger partial charge in [0.15, 0.2) is 0 Å². The highest BCUT2D eigenvalue weighted by Gasteiger charge is 2.23. The minimum absolute atomic E-state index is 0.0469. The van der Waals surface area contributed by atoms with E-state index in [0.29, 0.717) is 11.5 Å². The van der Waals surface area contributed by atoms with E-state index >= 15 is 0 Å². The molecule has 0 atom stereocenters. The molecule has 0 unspecified atom stereocenters. The number of nitrogens with one attached hydrogen (secondary N) is 1. The minimum atomic E-state index is -0.624. The van der Waals surface area contributed by atoms with E-state index in [0.717, 1.165) is 23.2 Å². The van der Waals surface area contributed by atoms with Crippen LogP contribution in [-0.4, -0.2) is 10.5 Å². The summed E-state index contributed by atoms with van der Waals surface area (Å²) in [6.45, 7) is 5.92. The van der Waals surface area contributed by atoms with E-state index in [2.05, 4.69) is 5.32 Å². The van der Waals surface area contributed by atoms with Gasteiger partial charge in [-0.25, -0.2) is 8.78 Å². The minimum Gasteiger partial charge on any atom is -0.467 e. The number of rotatable bonds is 6. The maximum absolute atomic E-state index is 14.2. The van der Waals surface area contributed by atoms with Gasteiger partial charge in [0.1, 0.15) is 23.1 Å². The van der Waals surface area contributed by atoms with Crippen LogP contribution in [0.15, 0.2) is 41.0 Å². The highest BCUT2D eigenvalue weighted by Crippen LogP contribution is 2.25. The van der Waals surface area contributed by atoms with E-state index in [1.165, 1.54) is 24.5 Å². The zero-order valence-corrected chi connectivity index (χ0v) is 15.6. The van der Waals surface area contributed by atoms with E-state index in [9.17, 15) is 13.6 Å². The summed E-state index contributed by atoms with van der Waals surface area (Å²) in [5, 5.41) is 2.82. The standard InChI is InChI=1S/C21H22F2N2O2/c1-4-16-13(2)20(21(26)24-11-15-7-6-10-27-15)25(14(16)3)12-17-18(22)8-5-9-19(17)23/h5-10H,4,11-12H2,1-3H3,(H,24,26). The van der Waals surface area contributed by atoms with Crippen LogP contribution in [0.2, 0.25) is 0 Å². The Balaban J connectivity index is 1.98. The summed E-state index contributed by atoms with van der Waals surface area (Å²) in [5.41, 5.74) is 3.02. The van der Waals surface area contributed by atoms with Crippen molar-refractivity contribution in [1.82, 2.24) is 9.88 Å². The average Bonchev–Trinajstić information content (AvgIpc) is 3.23. The fourth-order valence-electron chi connectivity index (χ4n) is 3.46. The van der Waals surface area contributed by atoms with Crippen LogP contribution in [-0.2, 0) is 19.5 Å². The van der Waals surface area contributed by atoms with Gasteiger partial charge in [-0.1, -0.05) is 13.0 Å². The lowest BCUT2D eigenvalue weighted by Crippen LogP contribution is -2.26. The summed E-state index contributed by atoms with van der Waals surface area (Å²) >= 11 is 0. The molecule has 0 saturated heterocycles. The maximum Gasteiger partial charge on any atom is 0.268 e. The van der Waals surface area contributed by atoms with Crippen LogP contribution in [0.4, 0.5) is 8.78 Å². The number of halogens is 2. The van der Waals surface area contributed by atoms with Crippen LogP contribution in [0.25, 0.3) is 0 Å². The summed E-state index contributed by atoms with van der Waals surface area (Å²) in [7, 11) is 0. The molecule has 0 radical (unpaired) electrons. The topological polar surface area (TPSA) is 47.2 Å². The van der Waals surface area contributed by atoms with E-state index in [4.69, 9.17) is 4.42 Å². The highest BCUT2D eigenvalue weighted by molar-refractivity contribution is 5.95. The van der Waals surface area contributed by atoms with Gasteiger partial charge in [0, 0.05) is 11.3 Å².